The third kappa shape index (κ3) is 3.68. The molecule has 1 aromatic rings. The summed E-state index contributed by atoms with van der Waals surface area (Å²) in [6.07, 6.45) is 0. The molecule has 0 saturated carbocycles. The maximum Gasteiger partial charge on any atom is 0.136 e. The van der Waals surface area contributed by atoms with Gasteiger partial charge in [0, 0.05) is 6.07 Å². The summed E-state index contributed by atoms with van der Waals surface area (Å²) >= 11 is 3.34. The molecule has 0 N–H and O–H groups in total. The lowest BCUT2D eigenvalue weighted by atomic mass is 10.3. The van der Waals surface area contributed by atoms with Crippen LogP contribution in [0.2, 0.25) is 0 Å². The summed E-state index contributed by atoms with van der Waals surface area (Å²) in [5.74, 6) is 1.58. The fourth-order valence-electron chi connectivity index (χ4n) is 0.767. The van der Waals surface area contributed by atoms with Gasteiger partial charge in [0.1, 0.15) is 11.5 Å². The number of hydrogen-bond donors (Lipinski definition) is 0. The minimum Gasteiger partial charge on any atom is -0.497 e. The smallest absolute Gasteiger partial charge is 0.136 e. The molecule has 0 amide bonds. The lowest BCUT2D eigenvalue weighted by Crippen LogP contribution is -1.86. The Hall–Kier alpha value is -0.700. The van der Waals surface area contributed by atoms with Gasteiger partial charge < -0.3 is 9.47 Å². The van der Waals surface area contributed by atoms with Crippen LogP contribution in [0.4, 0.5) is 0 Å². The zero-order valence-electron chi connectivity index (χ0n) is 8.43. The minimum atomic E-state index is 0.782. The predicted molar refractivity (Wildman–Crippen MR) is 58.6 cm³/mol. The molecule has 0 heterocycles. The molecular weight excluding hydrogens is 232 g/mol. The van der Waals surface area contributed by atoms with Gasteiger partial charge in [-0.25, -0.2) is 0 Å². The topological polar surface area (TPSA) is 18.5 Å². The number of ether oxygens (including phenoxy) is 2. The Labute approximate surface area is 88.0 Å². The number of rotatable bonds is 2. The molecule has 0 aliphatic rings. The van der Waals surface area contributed by atoms with Gasteiger partial charge in [0.25, 0.3) is 0 Å². The van der Waals surface area contributed by atoms with E-state index in [0.717, 1.165) is 16.0 Å². The predicted octanol–water partition coefficient (Wildman–Crippen LogP) is 3.49. The largest absolute Gasteiger partial charge is 0.497 e. The number of hydrogen-bond acceptors (Lipinski definition) is 2. The van der Waals surface area contributed by atoms with Gasteiger partial charge in [-0.2, -0.15) is 0 Å². The van der Waals surface area contributed by atoms with Crippen molar-refractivity contribution in [1.29, 1.82) is 0 Å². The standard InChI is InChI=1S/C8H9BrO2.C2H6/c1-10-6-3-4-7(9)8(5-6)11-2;1-2/h3-5H,1-2H3;1-2H3. The van der Waals surface area contributed by atoms with Crippen LogP contribution in [0.25, 0.3) is 0 Å². The molecular formula is C10H15BrO2. The summed E-state index contributed by atoms with van der Waals surface area (Å²) in [5.41, 5.74) is 0. The van der Waals surface area contributed by atoms with E-state index < -0.39 is 0 Å². The molecule has 0 unspecified atom stereocenters. The highest BCUT2D eigenvalue weighted by Crippen LogP contribution is 2.28. The maximum atomic E-state index is 5.06. The van der Waals surface area contributed by atoms with Crippen LogP contribution in [-0.4, -0.2) is 14.2 Å². The minimum absolute atomic E-state index is 0.782. The molecule has 0 aliphatic carbocycles. The van der Waals surface area contributed by atoms with Crippen LogP contribution < -0.4 is 9.47 Å². The monoisotopic (exact) mass is 246 g/mol. The second-order valence-electron chi connectivity index (χ2n) is 2.00. The van der Waals surface area contributed by atoms with Gasteiger partial charge in [0.2, 0.25) is 0 Å². The third-order valence-electron chi connectivity index (χ3n) is 1.36. The lowest BCUT2D eigenvalue weighted by molar-refractivity contribution is 0.392. The zero-order valence-corrected chi connectivity index (χ0v) is 10.0. The highest BCUT2D eigenvalue weighted by Gasteiger charge is 1.99. The Bertz CT molecular complexity index is 249. The molecule has 1 aromatic carbocycles. The molecule has 74 valence electrons. The molecule has 0 bridgehead atoms. The Balaban J connectivity index is 0.000000671. The van der Waals surface area contributed by atoms with Gasteiger partial charge in [0.05, 0.1) is 18.7 Å². The summed E-state index contributed by atoms with van der Waals surface area (Å²) in [6, 6.07) is 5.58. The van der Waals surface area contributed by atoms with Gasteiger partial charge in [-0.15, -0.1) is 0 Å². The average Bonchev–Trinajstić information content (AvgIpc) is 2.22. The van der Waals surface area contributed by atoms with Crippen LogP contribution >= 0.6 is 15.9 Å². The Morgan fingerprint density at radius 1 is 1.08 bits per heavy atom. The molecule has 1 rings (SSSR count). The van der Waals surface area contributed by atoms with E-state index in [1.54, 1.807) is 14.2 Å². The van der Waals surface area contributed by atoms with Crippen molar-refractivity contribution < 1.29 is 9.47 Å². The van der Waals surface area contributed by atoms with Crippen molar-refractivity contribution >= 4 is 15.9 Å². The van der Waals surface area contributed by atoms with Crippen molar-refractivity contribution in [1.82, 2.24) is 0 Å². The highest BCUT2D eigenvalue weighted by atomic mass is 79.9. The molecule has 0 fully saturated rings. The molecule has 2 nitrogen and oxygen atoms in total. The summed E-state index contributed by atoms with van der Waals surface area (Å²) in [7, 11) is 3.25. The second kappa shape index (κ2) is 6.78. The molecule has 0 atom stereocenters. The molecule has 3 heteroatoms. The molecule has 0 saturated heterocycles. The van der Waals surface area contributed by atoms with Crippen molar-refractivity contribution in [3.8, 4) is 11.5 Å². The van der Waals surface area contributed by atoms with E-state index in [2.05, 4.69) is 15.9 Å². The van der Waals surface area contributed by atoms with Crippen molar-refractivity contribution in [3.05, 3.63) is 22.7 Å². The maximum absolute atomic E-state index is 5.06. The number of benzene rings is 1. The first-order chi connectivity index (χ1) is 6.27. The van der Waals surface area contributed by atoms with Crippen LogP contribution in [0.5, 0.6) is 11.5 Å². The summed E-state index contributed by atoms with van der Waals surface area (Å²) in [4.78, 5) is 0. The second-order valence-corrected chi connectivity index (χ2v) is 2.85. The molecule has 0 radical (unpaired) electrons. The van der Waals surface area contributed by atoms with Gasteiger partial charge in [-0.05, 0) is 28.1 Å². The fourth-order valence-corrected chi connectivity index (χ4v) is 1.18. The quantitative estimate of drug-likeness (QED) is 0.796. The van der Waals surface area contributed by atoms with Gasteiger partial charge in [0.15, 0.2) is 0 Å². The highest BCUT2D eigenvalue weighted by molar-refractivity contribution is 9.10. The van der Waals surface area contributed by atoms with Crippen molar-refractivity contribution in [2.24, 2.45) is 0 Å². The van der Waals surface area contributed by atoms with Crippen LogP contribution in [0.1, 0.15) is 13.8 Å². The van der Waals surface area contributed by atoms with Crippen LogP contribution in [0.15, 0.2) is 22.7 Å². The van der Waals surface area contributed by atoms with Gasteiger partial charge in [-0.3, -0.25) is 0 Å². The number of methoxy groups -OCH3 is 2. The van der Waals surface area contributed by atoms with Crippen molar-refractivity contribution in [2.45, 2.75) is 13.8 Å². The van der Waals surface area contributed by atoms with Crippen molar-refractivity contribution in [3.63, 3.8) is 0 Å². The van der Waals surface area contributed by atoms with E-state index in [1.165, 1.54) is 0 Å². The Morgan fingerprint density at radius 3 is 2.15 bits per heavy atom. The van der Waals surface area contributed by atoms with E-state index >= 15 is 0 Å². The normalized spacial score (nSPS) is 8.38. The first kappa shape index (κ1) is 12.3. The van der Waals surface area contributed by atoms with Gasteiger partial charge in [-0.1, -0.05) is 13.8 Å². The van der Waals surface area contributed by atoms with Crippen molar-refractivity contribution in [2.75, 3.05) is 14.2 Å². The summed E-state index contributed by atoms with van der Waals surface area (Å²) in [6.45, 7) is 4.00. The van der Waals surface area contributed by atoms with E-state index in [0.29, 0.717) is 0 Å². The molecule has 0 aromatic heterocycles. The van der Waals surface area contributed by atoms with E-state index in [4.69, 9.17) is 9.47 Å². The molecule has 0 aliphatic heterocycles. The summed E-state index contributed by atoms with van der Waals surface area (Å²) < 4.78 is 11.0. The Morgan fingerprint density at radius 2 is 1.69 bits per heavy atom. The number of halogens is 1. The van der Waals surface area contributed by atoms with Gasteiger partial charge >= 0.3 is 0 Å². The van der Waals surface area contributed by atoms with Crippen LogP contribution in [0, 0.1) is 0 Å². The first-order valence-corrected chi connectivity index (χ1v) is 4.94. The van der Waals surface area contributed by atoms with E-state index in [-0.39, 0.29) is 0 Å². The SMILES string of the molecule is CC.COc1ccc(Br)c(OC)c1. The Kier molecular flexibility index (Phi) is 6.41. The lowest BCUT2D eigenvalue weighted by Gasteiger charge is -2.04. The molecule has 0 spiro atoms. The van der Waals surface area contributed by atoms with Crippen LogP contribution in [0.3, 0.4) is 0 Å². The third-order valence-corrected chi connectivity index (χ3v) is 2.01. The first-order valence-electron chi connectivity index (χ1n) is 4.15. The van der Waals surface area contributed by atoms with E-state index in [9.17, 15) is 0 Å². The fraction of sp³-hybridized carbons (Fsp3) is 0.400. The molecule has 13 heavy (non-hydrogen) atoms. The van der Waals surface area contributed by atoms with E-state index in [1.807, 2.05) is 32.0 Å². The zero-order chi connectivity index (χ0) is 10.3. The van der Waals surface area contributed by atoms with Crippen LogP contribution in [-0.2, 0) is 0 Å². The average molecular weight is 247 g/mol. The summed E-state index contributed by atoms with van der Waals surface area (Å²) in [5, 5.41) is 0.